The highest BCUT2D eigenvalue weighted by atomic mass is 15.3. The highest BCUT2D eigenvalue weighted by Gasteiger charge is 2.28. The fraction of sp³-hybridized carbons (Fsp3) is 0.444. The van der Waals surface area contributed by atoms with Crippen LogP contribution in [0.5, 0.6) is 0 Å². The highest BCUT2D eigenvalue weighted by molar-refractivity contribution is 5.47. The van der Waals surface area contributed by atoms with E-state index >= 15 is 0 Å². The van der Waals surface area contributed by atoms with Crippen molar-refractivity contribution < 1.29 is 0 Å². The molecular formula is C18H22N4. The van der Waals surface area contributed by atoms with Gasteiger partial charge in [-0.05, 0) is 42.5 Å². The monoisotopic (exact) mass is 294 g/mol. The lowest BCUT2D eigenvalue weighted by Gasteiger charge is -2.23. The summed E-state index contributed by atoms with van der Waals surface area (Å²) in [6, 6.07) is 8.51. The van der Waals surface area contributed by atoms with Gasteiger partial charge in [0.1, 0.15) is 5.82 Å². The van der Waals surface area contributed by atoms with Crippen molar-refractivity contribution >= 4 is 5.82 Å². The van der Waals surface area contributed by atoms with Gasteiger partial charge in [0.15, 0.2) is 0 Å². The number of aromatic nitrogens is 2. The number of anilines is 1. The molecule has 0 unspecified atom stereocenters. The van der Waals surface area contributed by atoms with Crippen LogP contribution in [0.4, 0.5) is 5.82 Å². The largest absolute Gasteiger partial charge is 0.355 e. The van der Waals surface area contributed by atoms with Gasteiger partial charge < -0.3 is 4.90 Å². The van der Waals surface area contributed by atoms with Crippen LogP contribution in [0.25, 0.3) is 0 Å². The summed E-state index contributed by atoms with van der Waals surface area (Å²) in [6.07, 6.45) is 8.46. The van der Waals surface area contributed by atoms with Gasteiger partial charge in [-0.2, -0.15) is 0 Å². The molecule has 0 atom stereocenters. The quantitative estimate of drug-likeness (QED) is 0.868. The summed E-state index contributed by atoms with van der Waals surface area (Å²) >= 11 is 0. The van der Waals surface area contributed by atoms with E-state index in [9.17, 15) is 0 Å². The zero-order valence-electron chi connectivity index (χ0n) is 12.9. The SMILES string of the molecule is c1cnc2c(c1)CN(Cc1ccncc1)CCN2CC1CC1. The van der Waals surface area contributed by atoms with E-state index in [0.29, 0.717) is 0 Å². The number of nitrogens with zero attached hydrogens (tertiary/aromatic N) is 4. The molecule has 4 rings (SSSR count). The van der Waals surface area contributed by atoms with Crippen LogP contribution in [0, 0.1) is 5.92 Å². The van der Waals surface area contributed by atoms with Gasteiger partial charge in [-0.1, -0.05) is 6.07 Å². The molecule has 2 aromatic heterocycles. The molecule has 0 saturated heterocycles. The van der Waals surface area contributed by atoms with Gasteiger partial charge in [0.2, 0.25) is 0 Å². The molecule has 0 radical (unpaired) electrons. The molecule has 0 aromatic carbocycles. The molecular weight excluding hydrogens is 272 g/mol. The molecule has 4 nitrogen and oxygen atoms in total. The summed E-state index contributed by atoms with van der Waals surface area (Å²) in [7, 11) is 0. The lowest BCUT2D eigenvalue weighted by Crippen LogP contribution is -2.32. The van der Waals surface area contributed by atoms with Crippen molar-refractivity contribution in [3.05, 3.63) is 54.0 Å². The average molecular weight is 294 g/mol. The molecule has 114 valence electrons. The van der Waals surface area contributed by atoms with Gasteiger partial charge in [0.05, 0.1) is 0 Å². The summed E-state index contributed by atoms with van der Waals surface area (Å²) < 4.78 is 0. The molecule has 2 aromatic rings. The number of hydrogen-bond acceptors (Lipinski definition) is 4. The van der Waals surface area contributed by atoms with Crippen molar-refractivity contribution in [2.45, 2.75) is 25.9 Å². The minimum Gasteiger partial charge on any atom is -0.355 e. The van der Waals surface area contributed by atoms with Gasteiger partial charge >= 0.3 is 0 Å². The Morgan fingerprint density at radius 2 is 1.91 bits per heavy atom. The first kappa shape index (κ1) is 13.7. The van der Waals surface area contributed by atoms with Gasteiger partial charge in [-0.3, -0.25) is 9.88 Å². The molecule has 0 spiro atoms. The van der Waals surface area contributed by atoms with Crippen LogP contribution in [-0.2, 0) is 13.1 Å². The van der Waals surface area contributed by atoms with Crippen LogP contribution in [-0.4, -0.2) is 34.5 Å². The van der Waals surface area contributed by atoms with Crippen LogP contribution >= 0.6 is 0 Å². The second-order valence-electron chi connectivity index (χ2n) is 6.44. The lowest BCUT2D eigenvalue weighted by atomic mass is 10.2. The van der Waals surface area contributed by atoms with Crippen molar-refractivity contribution in [3.63, 3.8) is 0 Å². The van der Waals surface area contributed by atoms with Crippen molar-refractivity contribution in [2.75, 3.05) is 24.5 Å². The standard InChI is InChI=1S/C18H22N4/c1-2-17-14-21(12-16-5-8-19-9-6-16)10-11-22(13-15-3-4-15)18(17)20-7-1/h1-2,5-9,15H,3-4,10-14H2. The van der Waals surface area contributed by atoms with Crippen molar-refractivity contribution in [3.8, 4) is 0 Å². The summed E-state index contributed by atoms with van der Waals surface area (Å²) in [5.41, 5.74) is 2.69. The van der Waals surface area contributed by atoms with Crippen molar-refractivity contribution in [1.82, 2.24) is 14.9 Å². The van der Waals surface area contributed by atoms with Crippen LogP contribution in [0.2, 0.25) is 0 Å². The fourth-order valence-corrected chi connectivity index (χ4v) is 3.20. The molecule has 0 N–H and O–H groups in total. The first-order valence-electron chi connectivity index (χ1n) is 8.18. The Morgan fingerprint density at radius 3 is 2.73 bits per heavy atom. The maximum atomic E-state index is 4.67. The molecule has 4 heteroatoms. The van der Waals surface area contributed by atoms with Crippen LogP contribution in [0.3, 0.4) is 0 Å². The van der Waals surface area contributed by atoms with E-state index in [1.54, 1.807) is 0 Å². The Morgan fingerprint density at radius 1 is 1.05 bits per heavy atom. The van der Waals surface area contributed by atoms with Crippen molar-refractivity contribution in [2.24, 2.45) is 5.92 Å². The van der Waals surface area contributed by atoms with Crippen LogP contribution < -0.4 is 4.90 Å². The second kappa shape index (κ2) is 6.05. The third kappa shape index (κ3) is 3.12. The molecule has 22 heavy (non-hydrogen) atoms. The maximum absolute atomic E-state index is 4.67. The van der Waals surface area contributed by atoms with E-state index in [1.807, 2.05) is 18.6 Å². The molecule has 0 amide bonds. The van der Waals surface area contributed by atoms with E-state index in [2.05, 4.69) is 44.0 Å². The number of hydrogen-bond donors (Lipinski definition) is 0. The first-order chi connectivity index (χ1) is 10.9. The average Bonchev–Trinajstić information content (AvgIpc) is 3.38. The van der Waals surface area contributed by atoms with Crippen molar-refractivity contribution in [1.29, 1.82) is 0 Å². The zero-order chi connectivity index (χ0) is 14.8. The predicted octanol–water partition coefficient (Wildman–Crippen LogP) is 2.71. The normalized spacial score (nSPS) is 18.8. The Hall–Kier alpha value is -1.94. The first-order valence-corrected chi connectivity index (χ1v) is 8.18. The Bertz CT molecular complexity index is 624. The Labute approximate surface area is 131 Å². The molecule has 0 bridgehead atoms. The third-order valence-corrected chi connectivity index (χ3v) is 4.58. The molecule has 1 aliphatic heterocycles. The van der Waals surface area contributed by atoms with E-state index in [0.717, 1.165) is 32.1 Å². The molecule has 1 saturated carbocycles. The number of rotatable bonds is 4. The minimum atomic E-state index is 0.890. The third-order valence-electron chi connectivity index (χ3n) is 4.58. The molecule has 2 aliphatic rings. The summed E-state index contributed by atoms with van der Waals surface area (Å²) in [6.45, 7) is 5.30. The van der Waals surface area contributed by atoms with Gasteiger partial charge in [-0.25, -0.2) is 4.98 Å². The molecule has 3 heterocycles. The lowest BCUT2D eigenvalue weighted by molar-refractivity contribution is 0.268. The number of fused-ring (bicyclic) bond motifs is 1. The Kier molecular flexibility index (Phi) is 3.77. The minimum absolute atomic E-state index is 0.890. The zero-order valence-corrected chi connectivity index (χ0v) is 12.9. The summed E-state index contributed by atoms with van der Waals surface area (Å²) in [4.78, 5) is 13.8. The van der Waals surface area contributed by atoms with Gasteiger partial charge in [0, 0.05) is 56.9 Å². The van der Waals surface area contributed by atoms with E-state index in [4.69, 9.17) is 0 Å². The second-order valence-corrected chi connectivity index (χ2v) is 6.44. The smallest absolute Gasteiger partial charge is 0.133 e. The predicted molar refractivity (Wildman–Crippen MR) is 87.5 cm³/mol. The topological polar surface area (TPSA) is 32.3 Å². The van der Waals surface area contributed by atoms with Crippen LogP contribution in [0.1, 0.15) is 24.0 Å². The van der Waals surface area contributed by atoms with Gasteiger partial charge in [0.25, 0.3) is 0 Å². The van der Waals surface area contributed by atoms with E-state index in [1.165, 1.54) is 36.3 Å². The van der Waals surface area contributed by atoms with Crippen LogP contribution in [0.15, 0.2) is 42.9 Å². The summed E-state index contributed by atoms with van der Waals surface area (Å²) in [5, 5.41) is 0. The summed E-state index contributed by atoms with van der Waals surface area (Å²) in [5.74, 6) is 2.09. The van der Waals surface area contributed by atoms with Gasteiger partial charge in [-0.15, -0.1) is 0 Å². The van der Waals surface area contributed by atoms with E-state index < -0.39 is 0 Å². The molecule has 1 fully saturated rings. The molecule has 1 aliphatic carbocycles. The fourth-order valence-electron chi connectivity index (χ4n) is 3.20. The maximum Gasteiger partial charge on any atom is 0.133 e. The number of pyridine rings is 2. The highest BCUT2D eigenvalue weighted by Crippen LogP contribution is 2.32. The van der Waals surface area contributed by atoms with E-state index in [-0.39, 0.29) is 0 Å². The Balaban J connectivity index is 1.53.